The van der Waals surface area contributed by atoms with Gasteiger partial charge in [0.1, 0.15) is 5.54 Å². The minimum atomic E-state index is -0.620. The van der Waals surface area contributed by atoms with Crippen LogP contribution in [0, 0.1) is 11.3 Å². The highest BCUT2D eigenvalue weighted by atomic mass is 15.1. The third kappa shape index (κ3) is 2.23. The number of nitrogens with zero attached hydrogens (tertiary/aromatic N) is 3. The lowest BCUT2D eigenvalue weighted by atomic mass is 9.80. The number of anilines is 1. The maximum Gasteiger partial charge on any atom is 0.104 e. The summed E-state index contributed by atoms with van der Waals surface area (Å²) in [6, 6.07) is 8.94. The first kappa shape index (κ1) is 12.9. The van der Waals surface area contributed by atoms with Crippen LogP contribution in [0.25, 0.3) is 11.0 Å². The second-order valence-electron chi connectivity index (χ2n) is 5.71. The van der Waals surface area contributed by atoms with E-state index in [1.807, 2.05) is 6.07 Å². The molecule has 20 heavy (non-hydrogen) atoms. The Labute approximate surface area is 118 Å². The van der Waals surface area contributed by atoms with Gasteiger partial charge in [-0.05, 0) is 43.9 Å². The van der Waals surface area contributed by atoms with Crippen molar-refractivity contribution in [2.24, 2.45) is 5.73 Å². The third-order valence-electron chi connectivity index (χ3n) is 4.43. The highest BCUT2D eigenvalue weighted by molar-refractivity contribution is 5.79. The average molecular weight is 269 g/mol. The molecule has 0 saturated heterocycles. The van der Waals surface area contributed by atoms with Crippen LogP contribution >= 0.6 is 0 Å². The van der Waals surface area contributed by atoms with Gasteiger partial charge in [-0.25, -0.2) is 4.98 Å². The average Bonchev–Trinajstić information content (AvgIpc) is 2.94. The number of aromatic amines is 1. The van der Waals surface area contributed by atoms with Gasteiger partial charge in [0, 0.05) is 18.8 Å². The van der Waals surface area contributed by atoms with Gasteiger partial charge in [0.2, 0.25) is 0 Å². The summed E-state index contributed by atoms with van der Waals surface area (Å²) in [7, 11) is 2.11. The van der Waals surface area contributed by atoms with E-state index in [0.29, 0.717) is 6.04 Å². The molecule has 1 aromatic carbocycles. The molecule has 1 fully saturated rings. The maximum absolute atomic E-state index is 9.09. The first-order chi connectivity index (χ1) is 9.61. The molecular formula is C15H19N5. The largest absolute Gasteiger partial charge is 0.372 e. The molecule has 5 heteroatoms. The van der Waals surface area contributed by atoms with Crippen molar-refractivity contribution < 1.29 is 0 Å². The lowest BCUT2D eigenvalue weighted by Gasteiger charge is -2.37. The van der Waals surface area contributed by atoms with E-state index >= 15 is 0 Å². The Balaban J connectivity index is 1.76. The number of benzene rings is 1. The Morgan fingerprint density at radius 1 is 1.45 bits per heavy atom. The van der Waals surface area contributed by atoms with Gasteiger partial charge >= 0.3 is 0 Å². The number of fused-ring (bicyclic) bond motifs is 1. The predicted octanol–water partition coefficient (Wildman–Crippen LogP) is 2.16. The van der Waals surface area contributed by atoms with Gasteiger partial charge in [-0.2, -0.15) is 5.26 Å². The fourth-order valence-electron chi connectivity index (χ4n) is 2.97. The van der Waals surface area contributed by atoms with Crippen molar-refractivity contribution in [3.8, 4) is 6.07 Å². The van der Waals surface area contributed by atoms with Gasteiger partial charge in [-0.1, -0.05) is 0 Å². The van der Waals surface area contributed by atoms with Crippen molar-refractivity contribution in [1.29, 1.82) is 5.26 Å². The summed E-state index contributed by atoms with van der Waals surface area (Å²) in [5.74, 6) is 0. The molecule has 1 aromatic heterocycles. The molecule has 104 valence electrons. The van der Waals surface area contributed by atoms with Gasteiger partial charge in [0.15, 0.2) is 0 Å². The van der Waals surface area contributed by atoms with Crippen LogP contribution in [0.15, 0.2) is 24.5 Å². The van der Waals surface area contributed by atoms with Crippen LogP contribution in [0.2, 0.25) is 0 Å². The molecule has 3 N–H and O–H groups in total. The van der Waals surface area contributed by atoms with Crippen LogP contribution in [-0.4, -0.2) is 28.6 Å². The van der Waals surface area contributed by atoms with Crippen molar-refractivity contribution in [2.75, 3.05) is 11.9 Å². The number of nitriles is 1. The normalized spacial score (nSPS) is 26.4. The molecule has 1 saturated carbocycles. The molecule has 2 aromatic rings. The molecule has 0 radical (unpaired) electrons. The molecule has 0 spiro atoms. The van der Waals surface area contributed by atoms with E-state index < -0.39 is 5.54 Å². The van der Waals surface area contributed by atoms with Gasteiger partial charge in [-0.3, -0.25) is 0 Å². The fraction of sp³-hybridized carbons (Fsp3) is 0.467. The molecule has 0 unspecified atom stereocenters. The van der Waals surface area contributed by atoms with Crippen molar-refractivity contribution in [3.63, 3.8) is 0 Å². The Kier molecular flexibility index (Phi) is 3.11. The Morgan fingerprint density at radius 2 is 2.20 bits per heavy atom. The van der Waals surface area contributed by atoms with E-state index in [0.717, 1.165) is 36.7 Å². The highest BCUT2D eigenvalue weighted by Gasteiger charge is 2.33. The summed E-state index contributed by atoms with van der Waals surface area (Å²) in [4.78, 5) is 9.66. The zero-order valence-corrected chi connectivity index (χ0v) is 11.6. The quantitative estimate of drug-likeness (QED) is 0.875. The summed E-state index contributed by atoms with van der Waals surface area (Å²) in [5, 5.41) is 9.09. The zero-order valence-electron chi connectivity index (χ0n) is 11.6. The Bertz CT molecular complexity index is 646. The van der Waals surface area contributed by atoms with Crippen LogP contribution in [-0.2, 0) is 0 Å². The number of H-pyrrole nitrogens is 1. The van der Waals surface area contributed by atoms with Crippen molar-refractivity contribution >= 4 is 16.7 Å². The maximum atomic E-state index is 9.09. The Hall–Kier alpha value is -2.06. The number of imidazole rings is 1. The van der Waals surface area contributed by atoms with Crippen LogP contribution in [0.3, 0.4) is 0 Å². The Morgan fingerprint density at radius 3 is 2.90 bits per heavy atom. The van der Waals surface area contributed by atoms with E-state index in [1.165, 1.54) is 5.69 Å². The first-order valence-corrected chi connectivity index (χ1v) is 6.97. The predicted molar refractivity (Wildman–Crippen MR) is 79.3 cm³/mol. The first-order valence-electron chi connectivity index (χ1n) is 6.97. The summed E-state index contributed by atoms with van der Waals surface area (Å²) >= 11 is 0. The van der Waals surface area contributed by atoms with Crippen molar-refractivity contribution in [3.05, 3.63) is 24.5 Å². The molecule has 3 rings (SSSR count). The highest BCUT2D eigenvalue weighted by Crippen LogP contribution is 2.31. The van der Waals surface area contributed by atoms with Crippen LogP contribution in [0.5, 0.6) is 0 Å². The van der Waals surface area contributed by atoms with Crippen LogP contribution in [0.1, 0.15) is 25.7 Å². The zero-order chi connectivity index (χ0) is 14.2. The number of hydrogen-bond donors (Lipinski definition) is 2. The standard InChI is InChI=1S/C15H19N5/c1-20(11-4-6-15(17,9-16)7-5-11)12-2-3-13-14(8-12)19-10-18-13/h2-3,8,10-11H,4-7,17H2,1H3,(H,18,19). The molecule has 1 heterocycles. The lowest BCUT2D eigenvalue weighted by molar-refractivity contribution is 0.328. The number of hydrogen-bond acceptors (Lipinski definition) is 4. The summed E-state index contributed by atoms with van der Waals surface area (Å²) in [6.07, 6.45) is 5.17. The van der Waals surface area contributed by atoms with Crippen LogP contribution in [0.4, 0.5) is 5.69 Å². The van der Waals surface area contributed by atoms with E-state index in [9.17, 15) is 0 Å². The summed E-state index contributed by atoms with van der Waals surface area (Å²) in [6.45, 7) is 0. The van der Waals surface area contributed by atoms with Crippen molar-refractivity contribution in [1.82, 2.24) is 9.97 Å². The topological polar surface area (TPSA) is 81.7 Å². The minimum absolute atomic E-state index is 0.445. The molecular weight excluding hydrogens is 250 g/mol. The second-order valence-corrected chi connectivity index (χ2v) is 5.71. The van der Waals surface area contributed by atoms with E-state index in [4.69, 9.17) is 11.0 Å². The molecule has 0 atom stereocenters. The molecule has 5 nitrogen and oxygen atoms in total. The molecule has 0 aliphatic heterocycles. The molecule has 1 aliphatic carbocycles. The van der Waals surface area contributed by atoms with E-state index in [1.54, 1.807) is 6.33 Å². The molecule has 1 aliphatic rings. The van der Waals surface area contributed by atoms with E-state index in [-0.39, 0.29) is 0 Å². The summed E-state index contributed by atoms with van der Waals surface area (Å²) < 4.78 is 0. The van der Waals surface area contributed by atoms with E-state index in [2.05, 4.69) is 40.1 Å². The van der Waals surface area contributed by atoms with Gasteiger partial charge in [-0.15, -0.1) is 0 Å². The second kappa shape index (κ2) is 4.80. The van der Waals surface area contributed by atoms with Gasteiger partial charge in [0.05, 0.1) is 23.4 Å². The number of rotatable bonds is 2. The van der Waals surface area contributed by atoms with Crippen LogP contribution < -0.4 is 10.6 Å². The molecule has 0 amide bonds. The lowest BCUT2D eigenvalue weighted by Crippen LogP contribution is -2.46. The smallest absolute Gasteiger partial charge is 0.104 e. The third-order valence-corrected chi connectivity index (χ3v) is 4.43. The summed E-state index contributed by atoms with van der Waals surface area (Å²) in [5.41, 5.74) is 8.61. The monoisotopic (exact) mass is 269 g/mol. The minimum Gasteiger partial charge on any atom is -0.372 e. The van der Waals surface area contributed by atoms with Gasteiger partial charge < -0.3 is 15.6 Å². The number of nitrogens with one attached hydrogen (secondary N) is 1. The van der Waals surface area contributed by atoms with Crippen molar-refractivity contribution in [2.45, 2.75) is 37.3 Å². The number of aromatic nitrogens is 2. The SMILES string of the molecule is CN(c1ccc2nc[nH]c2c1)C1CCC(N)(C#N)CC1. The van der Waals surface area contributed by atoms with Gasteiger partial charge in [0.25, 0.3) is 0 Å². The fourth-order valence-corrected chi connectivity index (χ4v) is 2.97. The number of nitrogens with two attached hydrogens (primary N) is 1. The molecule has 0 bridgehead atoms.